The van der Waals surface area contributed by atoms with Gasteiger partial charge in [-0.05, 0) is 195 Å². The molecule has 1 atom stereocenters. The number of carbonyl (C=O) groups is 1. The molecule has 15 aromatic rings. The summed E-state index contributed by atoms with van der Waals surface area (Å²) in [5.41, 5.74) is 13.3. The number of aromatic amines is 3. The van der Waals surface area contributed by atoms with Crippen LogP contribution in [0.5, 0.6) is 0 Å². The zero-order valence-electron chi connectivity index (χ0n) is 74.2. The molecule has 18 rings (SSSR count). The van der Waals surface area contributed by atoms with E-state index in [2.05, 4.69) is 287 Å². The van der Waals surface area contributed by atoms with Crippen LogP contribution in [0, 0.1) is 94.6 Å². The fourth-order valence-corrected chi connectivity index (χ4v) is 15.8. The van der Waals surface area contributed by atoms with Gasteiger partial charge in [0.15, 0.2) is 9.84 Å². The van der Waals surface area contributed by atoms with Crippen molar-refractivity contribution in [3.05, 3.63) is 319 Å². The van der Waals surface area contributed by atoms with Gasteiger partial charge < -0.3 is 46.5 Å². The van der Waals surface area contributed by atoms with Gasteiger partial charge in [-0.2, -0.15) is 13.2 Å². The van der Waals surface area contributed by atoms with Gasteiger partial charge in [0.1, 0.15) is 17.4 Å². The molecule has 10 aromatic carbocycles. The second kappa shape index (κ2) is 55.8. The van der Waals surface area contributed by atoms with Crippen molar-refractivity contribution in [2.45, 2.75) is 160 Å². The third kappa shape index (κ3) is 37.4. The Balaban J connectivity index is 0.000000239. The summed E-state index contributed by atoms with van der Waals surface area (Å²) in [7, 11) is -2.60. The maximum atomic E-state index is 11.0. The van der Waals surface area contributed by atoms with Gasteiger partial charge in [0.05, 0.1) is 52.5 Å². The van der Waals surface area contributed by atoms with E-state index in [9.17, 15) is 26.4 Å². The second-order valence-corrected chi connectivity index (χ2v) is 33.6. The predicted octanol–water partition coefficient (Wildman–Crippen LogP) is 24.8. The minimum atomic E-state index is -4.03. The van der Waals surface area contributed by atoms with Gasteiger partial charge in [0.25, 0.3) is 0 Å². The molecule has 15 nitrogen and oxygen atoms in total. The number of sulfone groups is 1. The Morgan fingerprint density at radius 1 is 0.631 bits per heavy atom. The van der Waals surface area contributed by atoms with Crippen molar-refractivity contribution < 1.29 is 76.9 Å². The number of fused-ring (bicyclic) bond motifs is 7. The van der Waals surface area contributed by atoms with Crippen molar-refractivity contribution in [2.75, 3.05) is 56.7 Å². The number of benzene rings is 10. The number of H-pyrrole nitrogens is 3. The first-order chi connectivity index (χ1) is 57.8. The van der Waals surface area contributed by atoms with Crippen LogP contribution in [0.15, 0.2) is 253 Å². The normalized spacial score (nSPS) is 13.4. The molecular weight excluding hydrogens is 1700 g/mol. The second-order valence-electron chi connectivity index (χ2n) is 30.0. The van der Waals surface area contributed by atoms with Crippen LogP contribution in [0.1, 0.15) is 151 Å². The van der Waals surface area contributed by atoms with Crippen LogP contribution in [0.25, 0.3) is 65.5 Å². The summed E-state index contributed by atoms with van der Waals surface area (Å²) in [4.78, 5) is 34.4. The zero-order chi connectivity index (χ0) is 86.7. The summed E-state index contributed by atoms with van der Waals surface area (Å²) in [5.74, 6) is 5.76. The third-order valence-corrected chi connectivity index (χ3v) is 22.2. The maximum absolute atomic E-state index is 11.0. The Morgan fingerprint density at radius 3 is 1.74 bits per heavy atom. The first-order valence-electron chi connectivity index (χ1n) is 41.9. The van der Waals surface area contributed by atoms with E-state index in [0.717, 1.165) is 115 Å². The molecule has 649 valence electrons. The molecule has 1 unspecified atom stereocenters. The van der Waals surface area contributed by atoms with E-state index in [-0.39, 0.29) is 72.1 Å². The van der Waals surface area contributed by atoms with E-state index in [0.29, 0.717) is 23.3 Å². The van der Waals surface area contributed by atoms with E-state index < -0.39 is 15.3 Å². The number of aromatic nitrogens is 8. The van der Waals surface area contributed by atoms with Crippen LogP contribution in [0.4, 0.5) is 13.2 Å². The molecule has 0 saturated carbocycles. The number of nitrogens with one attached hydrogen (secondary N) is 4. The number of hydrogen-bond acceptors (Lipinski definition) is 11. The first kappa shape index (κ1) is 103. The molecule has 21 heteroatoms. The number of halogens is 3. The number of alkyl halides is 3. The molecule has 4 N–H and O–H groups in total. The SMILES string of the molecule is CC(C)c1ccc2ccccc2c1.CC1CCS(=O)(=O)C1.CC1Cc2ccccc2C1.CCCCN1CCOCC1.CCNC(C)=O.CCSC(F)(F)F.CCc1c[nH]c2ccccc12.CCc1cccc2ccccc12.Cc1cc(C)on1.Cc1nc2ccccc2[nH]1.Cc1nc2ccccc2n1Cc1ccccc1.[CH3-].[Pr].[c-]1nc2ccccc2[nH]1. The van der Waals surface area contributed by atoms with Crippen LogP contribution < -0.4 is 5.32 Å². The smallest absolute Gasteiger partial charge is 0.441 e. The van der Waals surface area contributed by atoms with Gasteiger partial charge in [-0.1, -0.05) is 284 Å². The summed E-state index contributed by atoms with van der Waals surface area (Å²) in [5, 5.41) is 13.0. The number of thioether (sulfide) groups is 1. The van der Waals surface area contributed by atoms with Crippen molar-refractivity contribution in [1.82, 2.24) is 49.8 Å². The number of imidazole rings is 3. The Bertz CT molecular complexity index is 5430. The van der Waals surface area contributed by atoms with Crippen LogP contribution in [-0.4, -0.2) is 121 Å². The maximum Gasteiger partial charge on any atom is 0.441 e. The molecular formula is C101H127F3N10O5PrS2-2. The van der Waals surface area contributed by atoms with Crippen molar-refractivity contribution in [2.24, 2.45) is 11.8 Å². The number of nitrogens with zero attached hydrogens (tertiary/aromatic N) is 6. The van der Waals surface area contributed by atoms with E-state index in [1.807, 2.05) is 101 Å². The van der Waals surface area contributed by atoms with E-state index in [4.69, 9.17) is 9.26 Å². The fourth-order valence-electron chi connectivity index (χ4n) is 13.5. The molecule has 3 aliphatic rings. The van der Waals surface area contributed by atoms with Gasteiger partial charge in [-0.15, -0.1) is 12.1 Å². The number of carbonyl (C=O) groups excluding carboxylic acids is 1. The van der Waals surface area contributed by atoms with Crippen molar-refractivity contribution in [3.8, 4) is 0 Å². The summed E-state index contributed by atoms with van der Waals surface area (Å²) >= 11 is -0.0116. The number of para-hydroxylation sites is 7. The predicted molar refractivity (Wildman–Crippen MR) is 503 cm³/mol. The standard InChI is InChI=1S/C15H14N2.C13H14.C12H12.C10H11N.C10H12.C8H8N2.C8H17NO.C7H5N2.C5H7NO.C5H10O2S.C4H9NO.C3H5F3S.CH3.Pr/c1-12-16-14-9-5-6-10-15(14)17(12)11-13-7-3-2-4-8-13;1-10(2)12-8-7-11-5-3-4-6-13(11)9-12;1-2-10-7-5-8-11-6-3-4-9-12(10)11;1-2-8-7-11-10-6-4-3-5-9(8)10;1-8-6-9-4-2-3-5-10(9)7-8;1-6-9-7-4-2-3-5-8(7)10-6;1-2-3-4-9-5-7-10-8-6-9;1-2-4-7-6(3-1)8-5-9-7;1-4-3-5(2)7-6-4;1-5-2-3-8(6,7)4-5;1-3-5-4(2)6;1-2-7-3(4,5)6;;/h2-10H,11H2,1H3;3-10H,1-2H3;3-9H,2H2,1H3;3-7,11H,2H2,1H3;2-5,8H,6-7H2,1H3;2-5H,1H3,(H,9,10);2-8H2,1H3;1-4H,(H,8,9);3H,1-2H3;5H,2-4H2,1H3;3H2,1-2H3,(H,5,6);2H2,1H3;1H3;/q;;;;;;;-1;;;;;-1;. The zero-order valence-corrected chi connectivity index (χ0v) is 79.5. The van der Waals surface area contributed by atoms with Crippen molar-refractivity contribution in [3.63, 3.8) is 0 Å². The summed E-state index contributed by atoms with van der Waals surface area (Å²) in [6, 6.07) is 83.9. The molecule has 1 aliphatic carbocycles. The molecule has 0 spiro atoms. The Hall–Kier alpha value is -9.28. The Morgan fingerprint density at radius 2 is 1.20 bits per heavy atom. The minimum Gasteiger partial charge on any atom is -0.461 e. The van der Waals surface area contributed by atoms with Gasteiger partial charge in [-0.25, -0.2) is 18.4 Å². The number of morpholine rings is 1. The van der Waals surface area contributed by atoms with E-state index in [1.54, 1.807) is 11.1 Å². The van der Waals surface area contributed by atoms with Gasteiger partial charge in [0.2, 0.25) is 5.91 Å². The van der Waals surface area contributed by atoms with Crippen LogP contribution in [-0.2, 0) is 51.6 Å². The third-order valence-electron chi connectivity index (χ3n) is 19.7. The monoisotopic (exact) mass is 1820 g/mol. The fraction of sp³-hybridized carbons (Fsp3) is 0.347. The Kier molecular flexibility index (Phi) is 47.2. The average molecular weight is 1820 g/mol. The van der Waals surface area contributed by atoms with Gasteiger partial charge in [0, 0.05) is 97.6 Å². The molecule has 2 saturated heterocycles. The van der Waals surface area contributed by atoms with Crippen LogP contribution >= 0.6 is 11.8 Å². The molecule has 7 heterocycles. The molecule has 2 aliphatic heterocycles. The summed E-state index contributed by atoms with van der Waals surface area (Å²) in [6.07, 6.45) is 13.0. The van der Waals surface area contributed by atoms with Crippen molar-refractivity contribution >= 4 is 93.1 Å². The molecule has 122 heavy (non-hydrogen) atoms. The largest absolute Gasteiger partial charge is 0.461 e. The number of unbranched alkanes of at least 4 members (excludes halogenated alkanes) is 1. The molecule has 5 aromatic heterocycles. The van der Waals surface area contributed by atoms with Gasteiger partial charge >= 0.3 is 5.51 Å². The Labute approximate surface area is 760 Å². The number of hydrogen-bond donors (Lipinski definition) is 4. The van der Waals surface area contributed by atoms with Crippen LogP contribution in [0.2, 0.25) is 0 Å². The van der Waals surface area contributed by atoms with E-state index >= 15 is 0 Å². The van der Waals surface area contributed by atoms with Crippen LogP contribution in [0.3, 0.4) is 0 Å². The summed E-state index contributed by atoms with van der Waals surface area (Å²) < 4.78 is 66.5. The molecule has 0 bridgehead atoms. The quantitative estimate of drug-likeness (QED) is 0.0952. The molecule has 1 amide bonds. The number of rotatable bonds is 10. The topological polar surface area (TPSA) is 193 Å². The van der Waals surface area contributed by atoms with E-state index in [1.165, 1.54) is 106 Å². The average Bonchev–Trinajstić information content (AvgIpc) is 1.70. The number of amides is 1. The van der Waals surface area contributed by atoms with Gasteiger partial charge in [-0.3, -0.25) is 9.69 Å². The van der Waals surface area contributed by atoms with Crippen molar-refractivity contribution in [1.29, 1.82) is 0 Å². The number of ether oxygens (including phenoxy) is 1. The minimum absolute atomic E-state index is 0. The molecule has 1 radical (unpaired) electrons. The number of aryl methyl sites for hydroxylation is 6. The summed E-state index contributed by atoms with van der Waals surface area (Å²) in [6.45, 7) is 35.0. The molecule has 2 fully saturated rings. The first-order valence-corrected chi connectivity index (χ1v) is 44.7.